The number of fused-ring (bicyclic) bond motifs is 5. The molecule has 2 fully saturated rings. The van der Waals surface area contributed by atoms with Crippen LogP contribution in [0.25, 0.3) is 6.08 Å². The number of carbonyl (C=O) groups is 3. The van der Waals surface area contributed by atoms with E-state index in [-0.39, 0.29) is 5.69 Å². The molecule has 0 N–H and O–H groups in total. The molecule has 0 bridgehead atoms. The van der Waals surface area contributed by atoms with Crippen molar-refractivity contribution in [3.63, 3.8) is 0 Å². The number of amides is 2. The van der Waals surface area contributed by atoms with Crippen molar-refractivity contribution in [2.75, 3.05) is 4.90 Å². The summed E-state index contributed by atoms with van der Waals surface area (Å²) in [5, 5.41) is 0. The molecule has 0 aromatic heterocycles. The summed E-state index contributed by atoms with van der Waals surface area (Å²) in [4.78, 5) is 45.0. The summed E-state index contributed by atoms with van der Waals surface area (Å²) >= 11 is 0. The molecule has 0 saturated carbocycles. The SMILES string of the molecule is O=C(OC(c1ccccc1)c1ccccc1)[C@@H]1[C@@H]2C(=O)N(c3cccc(C(F)(F)F)c3)C(=O)[C@@H]2[C@H]2c3ccccc3C=CN12. The number of nitrogens with zero attached hydrogens (tertiary/aromatic N) is 2. The minimum absolute atomic E-state index is 0.186. The lowest BCUT2D eigenvalue weighted by molar-refractivity contribution is -0.155. The lowest BCUT2D eigenvalue weighted by Gasteiger charge is -2.35. The van der Waals surface area contributed by atoms with Crippen LogP contribution in [-0.4, -0.2) is 28.7 Å². The second kappa shape index (κ2) is 10.5. The molecule has 6 nitrogen and oxygen atoms in total. The van der Waals surface area contributed by atoms with Crippen LogP contribution in [0.4, 0.5) is 18.9 Å². The first-order valence-electron chi connectivity index (χ1n) is 14.1. The first-order valence-corrected chi connectivity index (χ1v) is 14.1. The molecule has 0 aliphatic carbocycles. The Labute approximate surface area is 251 Å². The Bertz CT molecular complexity index is 1750. The van der Waals surface area contributed by atoms with Crippen molar-refractivity contribution >= 4 is 29.5 Å². The number of imide groups is 1. The van der Waals surface area contributed by atoms with E-state index in [4.69, 9.17) is 4.74 Å². The van der Waals surface area contributed by atoms with Crippen molar-refractivity contribution in [1.82, 2.24) is 4.90 Å². The van der Waals surface area contributed by atoms with Gasteiger partial charge in [-0.2, -0.15) is 13.2 Å². The molecule has 3 aliphatic heterocycles. The molecule has 4 aromatic rings. The highest BCUT2D eigenvalue weighted by Gasteiger charge is 2.65. The number of rotatable bonds is 5. The number of hydrogen-bond acceptors (Lipinski definition) is 5. The number of esters is 1. The number of alkyl halides is 3. The molecule has 4 atom stereocenters. The van der Waals surface area contributed by atoms with Gasteiger partial charge in [0.2, 0.25) is 11.8 Å². The molecule has 3 aliphatic rings. The van der Waals surface area contributed by atoms with Crippen molar-refractivity contribution in [1.29, 1.82) is 0 Å². The monoisotopic (exact) mass is 594 g/mol. The summed E-state index contributed by atoms with van der Waals surface area (Å²) in [5.41, 5.74) is 1.84. The lowest BCUT2D eigenvalue weighted by Crippen LogP contribution is -2.45. The minimum Gasteiger partial charge on any atom is -0.451 e. The predicted octanol–water partition coefficient (Wildman–Crippen LogP) is 6.55. The fourth-order valence-corrected chi connectivity index (χ4v) is 6.67. The van der Waals surface area contributed by atoms with Crippen LogP contribution in [-0.2, 0) is 25.3 Å². The second-order valence-electron chi connectivity index (χ2n) is 11.0. The summed E-state index contributed by atoms with van der Waals surface area (Å²) in [5.74, 6) is -4.31. The largest absolute Gasteiger partial charge is 0.451 e. The van der Waals surface area contributed by atoms with Gasteiger partial charge >= 0.3 is 12.1 Å². The average Bonchev–Trinajstić information content (AvgIpc) is 3.52. The molecular formula is C35H25F3N2O4. The zero-order valence-electron chi connectivity index (χ0n) is 23.1. The van der Waals surface area contributed by atoms with E-state index < -0.39 is 59.5 Å². The van der Waals surface area contributed by atoms with Crippen LogP contribution in [0.5, 0.6) is 0 Å². The van der Waals surface area contributed by atoms with Crippen molar-refractivity contribution in [2.24, 2.45) is 11.8 Å². The van der Waals surface area contributed by atoms with Gasteiger partial charge < -0.3 is 9.64 Å². The highest BCUT2D eigenvalue weighted by atomic mass is 19.4. The van der Waals surface area contributed by atoms with Crippen LogP contribution in [0.15, 0.2) is 115 Å². The van der Waals surface area contributed by atoms with Crippen LogP contribution in [0.2, 0.25) is 0 Å². The van der Waals surface area contributed by atoms with Gasteiger partial charge in [0.1, 0.15) is 6.04 Å². The quantitative estimate of drug-likeness (QED) is 0.194. The predicted molar refractivity (Wildman–Crippen MR) is 156 cm³/mol. The molecule has 9 heteroatoms. The molecule has 4 aromatic carbocycles. The summed E-state index contributed by atoms with van der Waals surface area (Å²) in [6.45, 7) is 0. The Kier molecular flexibility index (Phi) is 6.61. The highest BCUT2D eigenvalue weighted by molar-refractivity contribution is 6.24. The van der Waals surface area contributed by atoms with E-state index in [1.165, 1.54) is 6.07 Å². The van der Waals surface area contributed by atoms with Crippen LogP contribution in [0, 0.1) is 11.8 Å². The normalized spacial score (nSPS) is 22.2. The van der Waals surface area contributed by atoms with Gasteiger partial charge in [0, 0.05) is 6.20 Å². The summed E-state index contributed by atoms with van der Waals surface area (Å²) in [7, 11) is 0. The summed E-state index contributed by atoms with van der Waals surface area (Å²) in [6, 6.07) is 28.0. The molecular weight excluding hydrogens is 569 g/mol. The van der Waals surface area contributed by atoms with Crippen LogP contribution in [0.1, 0.15) is 40.0 Å². The van der Waals surface area contributed by atoms with E-state index in [2.05, 4.69) is 0 Å². The van der Waals surface area contributed by atoms with Gasteiger partial charge in [-0.1, -0.05) is 91.0 Å². The number of carbonyl (C=O) groups excluding carboxylic acids is 3. The molecule has 7 rings (SSSR count). The van der Waals surface area contributed by atoms with Crippen LogP contribution in [0.3, 0.4) is 0 Å². The van der Waals surface area contributed by atoms with E-state index >= 15 is 0 Å². The molecule has 3 heterocycles. The Morgan fingerprint density at radius 3 is 2.02 bits per heavy atom. The zero-order chi connectivity index (χ0) is 30.6. The lowest BCUT2D eigenvalue weighted by atomic mass is 9.84. The maximum atomic E-state index is 14.3. The number of anilines is 1. The average molecular weight is 595 g/mol. The molecule has 0 unspecified atom stereocenters. The molecule has 44 heavy (non-hydrogen) atoms. The smallest absolute Gasteiger partial charge is 0.416 e. The van der Waals surface area contributed by atoms with Crippen LogP contribution < -0.4 is 4.90 Å². The fourth-order valence-electron chi connectivity index (χ4n) is 6.67. The topological polar surface area (TPSA) is 66.9 Å². The maximum absolute atomic E-state index is 14.3. The Morgan fingerprint density at radius 2 is 1.36 bits per heavy atom. The van der Waals surface area contributed by atoms with Gasteiger partial charge in [-0.15, -0.1) is 0 Å². The van der Waals surface area contributed by atoms with Gasteiger partial charge in [0.15, 0.2) is 6.10 Å². The van der Waals surface area contributed by atoms with Gasteiger partial charge in [-0.3, -0.25) is 9.59 Å². The van der Waals surface area contributed by atoms with Crippen molar-refractivity contribution in [2.45, 2.75) is 24.4 Å². The Morgan fingerprint density at radius 1 is 0.750 bits per heavy atom. The minimum atomic E-state index is -4.67. The molecule has 2 saturated heterocycles. The number of benzene rings is 4. The summed E-state index contributed by atoms with van der Waals surface area (Å²) in [6.07, 6.45) is -1.95. The standard InChI is InChI=1S/C35H25F3N2O4/c36-35(37,38)24-15-9-16-25(20-24)40-32(41)27-28(33(40)42)30(39-19-18-21-10-7-8-17-26(21)29(27)39)34(43)44-31(22-11-3-1-4-12-22)23-13-5-2-6-14-23/h1-20,27-31H/t27-,28+,29+,30-/m0/s1. The van der Waals surface area contributed by atoms with E-state index in [0.717, 1.165) is 45.4 Å². The highest BCUT2D eigenvalue weighted by Crippen LogP contribution is 2.54. The van der Waals surface area contributed by atoms with Gasteiger partial charge in [-0.05, 0) is 46.5 Å². The fraction of sp³-hybridized carbons (Fsp3) is 0.171. The van der Waals surface area contributed by atoms with Crippen molar-refractivity contribution in [3.8, 4) is 0 Å². The third-order valence-electron chi connectivity index (χ3n) is 8.57. The Balaban J connectivity index is 1.31. The number of ether oxygens (including phenoxy) is 1. The second-order valence-corrected chi connectivity index (χ2v) is 11.0. The van der Waals surface area contributed by atoms with Gasteiger partial charge in [0.25, 0.3) is 0 Å². The Hall–Kier alpha value is -5.18. The first kappa shape index (κ1) is 27.6. The third-order valence-corrected chi connectivity index (χ3v) is 8.57. The van der Waals surface area contributed by atoms with E-state index in [9.17, 15) is 27.6 Å². The molecule has 220 valence electrons. The van der Waals surface area contributed by atoms with Gasteiger partial charge in [-0.25, -0.2) is 9.69 Å². The van der Waals surface area contributed by atoms with Gasteiger partial charge in [0.05, 0.1) is 29.1 Å². The van der Waals surface area contributed by atoms with E-state index in [0.29, 0.717) is 0 Å². The number of hydrogen-bond donors (Lipinski definition) is 0. The van der Waals surface area contributed by atoms with E-state index in [1.807, 2.05) is 91.0 Å². The zero-order valence-corrected chi connectivity index (χ0v) is 23.1. The molecule has 0 spiro atoms. The molecule has 0 radical (unpaired) electrons. The summed E-state index contributed by atoms with van der Waals surface area (Å²) < 4.78 is 46.9. The third kappa shape index (κ3) is 4.47. The molecule has 2 amide bonds. The van der Waals surface area contributed by atoms with E-state index in [1.54, 1.807) is 11.1 Å². The maximum Gasteiger partial charge on any atom is 0.416 e. The van der Waals surface area contributed by atoms with Crippen molar-refractivity contribution < 1.29 is 32.3 Å². The first-order chi connectivity index (χ1) is 21.2. The van der Waals surface area contributed by atoms with Crippen molar-refractivity contribution in [3.05, 3.63) is 143 Å². The van der Waals surface area contributed by atoms with Crippen LogP contribution >= 0.6 is 0 Å². The number of halogens is 3.